The van der Waals surface area contributed by atoms with Crippen LogP contribution in [0.3, 0.4) is 0 Å². The van der Waals surface area contributed by atoms with Crippen molar-refractivity contribution in [2.24, 2.45) is 11.5 Å². The molecule has 1 aromatic carbocycles. The number of allylic oxidation sites excluding steroid dienone is 2. The van der Waals surface area contributed by atoms with Crippen LogP contribution in [-0.4, -0.2) is 44.0 Å². The number of piperazine rings is 1. The molecule has 0 atom stereocenters. The monoisotopic (exact) mass is 315 g/mol. The number of nitrogens with zero attached hydrogens (tertiary/aromatic N) is 2. The second-order valence-electron chi connectivity index (χ2n) is 5.69. The highest BCUT2D eigenvalue weighted by atomic mass is 16.1. The van der Waals surface area contributed by atoms with Gasteiger partial charge in [-0.15, -0.1) is 0 Å². The van der Waals surface area contributed by atoms with Gasteiger partial charge in [-0.25, -0.2) is 0 Å². The molecule has 1 saturated heterocycles. The molecule has 1 fully saturated rings. The number of nitrogens with two attached hydrogens (primary N) is 2. The van der Waals surface area contributed by atoms with Gasteiger partial charge in [0.2, 0.25) is 5.91 Å². The third kappa shape index (κ3) is 5.34. The first-order valence-electron chi connectivity index (χ1n) is 7.75. The molecule has 0 aromatic heterocycles. The average molecular weight is 315 g/mol. The fourth-order valence-corrected chi connectivity index (χ4v) is 2.52. The number of nitrogens with one attached hydrogen (secondary N) is 1. The Labute approximate surface area is 137 Å². The van der Waals surface area contributed by atoms with Gasteiger partial charge in [0.1, 0.15) is 5.82 Å². The standard InChI is InChI=1S/C17H25N5O/c1-21-8-10-22(11-9-21)15-5-2-4-14(12-15)13-17(23)20-16(19)6-3-7-18/h2-7,12H,8-11,13,18-19H2,1H3,(H,20,23)/b7-3-,16-6+. The van der Waals surface area contributed by atoms with Gasteiger partial charge in [-0.1, -0.05) is 12.1 Å². The molecule has 23 heavy (non-hydrogen) atoms. The van der Waals surface area contributed by atoms with Crippen LogP contribution in [0.15, 0.2) is 48.4 Å². The first kappa shape index (κ1) is 16.9. The van der Waals surface area contributed by atoms with Gasteiger partial charge in [0.15, 0.2) is 0 Å². The maximum Gasteiger partial charge on any atom is 0.229 e. The second-order valence-corrected chi connectivity index (χ2v) is 5.69. The van der Waals surface area contributed by atoms with Crippen LogP contribution in [0.2, 0.25) is 0 Å². The van der Waals surface area contributed by atoms with Gasteiger partial charge in [0, 0.05) is 31.9 Å². The summed E-state index contributed by atoms with van der Waals surface area (Å²) in [6.07, 6.45) is 4.78. The first-order valence-corrected chi connectivity index (χ1v) is 7.75. The molecule has 124 valence electrons. The second kappa shape index (κ2) is 8.24. The molecule has 6 nitrogen and oxygen atoms in total. The lowest BCUT2D eigenvalue weighted by Crippen LogP contribution is -2.44. The Kier molecular flexibility index (Phi) is 6.05. The van der Waals surface area contributed by atoms with Crippen LogP contribution in [0.25, 0.3) is 0 Å². The Morgan fingerprint density at radius 2 is 2.04 bits per heavy atom. The third-order valence-electron chi connectivity index (χ3n) is 3.81. The van der Waals surface area contributed by atoms with Gasteiger partial charge >= 0.3 is 0 Å². The molecule has 1 heterocycles. The quantitative estimate of drug-likeness (QED) is 0.683. The SMILES string of the molecule is CN1CCN(c2cccc(CC(=O)N/C(N)=C/C=C\N)c2)CC1. The minimum atomic E-state index is -0.139. The molecule has 0 spiro atoms. The molecular formula is C17H25N5O. The lowest BCUT2D eigenvalue weighted by Gasteiger charge is -2.34. The first-order chi connectivity index (χ1) is 11.1. The van der Waals surface area contributed by atoms with E-state index >= 15 is 0 Å². The summed E-state index contributed by atoms with van der Waals surface area (Å²) < 4.78 is 0. The Morgan fingerprint density at radius 3 is 2.74 bits per heavy atom. The number of amides is 1. The summed E-state index contributed by atoms with van der Waals surface area (Å²) >= 11 is 0. The highest BCUT2D eigenvalue weighted by Gasteiger charge is 2.14. The van der Waals surface area contributed by atoms with E-state index in [2.05, 4.69) is 34.3 Å². The molecule has 0 aliphatic carbocycles. The highest BCUT2D eigenvalue weighted by Crippen LogP contribution is 2.18. The van der Waals surface area contributed by atoms with Gasteiger partial charge in [-0.05, 0) is 43.1 Å². The Hall–Kier alpha value is -2.47. The molecule has 1 aromatic rings. The molecule has 1 aliphatic heterocycles. The van der Waals surface area contributed by atoms with Crippen molar-refractivity contribution in [2.75, 3.05) is 38.1 Å². The number of likely N-dealkylation sites (N-methyl/N-ethyl adjacent to an activating group) is 1. The van der Waals surface area contributed by atoms with E-state index in [0.29, 0.717) is 6.42 Å². The fraction of sp³-hybridized carbons (Fsp3) is 0.353. The van der Waals surface area contributed by atoms with E-state index in [0.717, 1.165) is 37.4 Å². The maximum atomic E-state index is 12.0. The summed E-state index contributed by atoms with van der Waals surface area (Å²) in [7, 11) is 2.13. The summed E-state index contributed by atoms with van der Waals surface area (Å²) in [4.78, 5) is 16.7. The number of anilines is 1. The van der Waals surface area contributed by atoms with Crippen LogP contribution in [0.4, 0.5) is 5.69 Å². The van der Waals surface area contributed by atoms with Crippen LogP contribution in [0, 0.1) is 0 Å². The molecule has 1 amide bonds. The summed E-state index contributed by atoms with van der Waals surface area (Å²) in [6.45, 7) is 4.13. The molecular weight excluding hydrogens is 290 g/mol. The van der Waals surface area contributed by atoms with Gasteiger partial charge in [-0.2, -0.15) is 0 Å². The largest absolute Gasteiger partial charge is 0.405 e. The summed E-state index contributed by atoms with van der Waals surface area (Å²) in [6, 6.07) is 8.11. The molecule has 6 heteroatoms. The van der Waals surface area contributed by atoms with Gasteiger partial charge in [0.25, 0.3) is 0 Å². The fourth-order valence-electron chi connectivity index (χ4n) is 2.52. The zero-order valence-electron chi connectivity index (χ0n) is 13.5. The number of rotatable bonds is 5. The Morgan fingerprint density at radius 1 is 1.30 bits per heavy atom. The zero-order valence-corrected chi connectivity index (χ0v) is 13.5. The Bertz CT molecular complexity index is 588. The molecule has 0 radical (unpaired) electrons. The summed E-state index contributed by atoms with van der Waals surface area (Å²) in [5.74, 6) is 0.145. The van der Waals surface area contributed by atoms with Crippen molar-refractivity contribution >= 4 is 11.6 Å². The van der Waals surface area contributed by atoms with Crippen molar-refractivity contribution in [1.82, 2.24) is 10.2 Å². The van der Waals surface area contributed by atoms with Crippen molar-refractivity contribution in [3.8, 4) is 0 Å². The van der Waals surface area contributed by atoms with Gasteiger partial charge in [0.05, 0.1) is 6.42 Å². The van der Waals surface area contributed by atoms with E-state index in [1.54, 1.807) is 12.2 Å². The molecule has 2 rings (SSSR count). The lowest BCUT2D eigenvalue weighted by atomic mass is 10.1. The Balaban J connectivity index is 1.96. The number of hydrogen-bond donors (Lipinski definition) is 3. The minimum absolute atomic E-state index is 0.139. The lowest BCUT2D eigenvalue weighted by molar-refractivity contribution is -0.119. The number of carbonyl (C=O) groups excluding carboxylic acids is 1. The molecule has 0 unspecified atom stereocenters. The van der Waals surface area contributed by atoms with Crippen molar-refractivity contribution in [3.05, 3.63) is 54.0 Å². The zero-order chi connectivity index (χ0) is 16.7. The summed E-state index contributed by atoms with van der Waals surface area (Å²) in [5.41, 5.74) is 13.0. The van der Waals surface area contributed by atoms with Crippen molar-refractivity contribution in [2.45, 2.75) is 6.42 Å². The minimum Gasteiger partial charge on any atom is -0.405 e. The van der Waals surface area contributed by atoms with E-state index in [4.69, 9.17) is 11.5 Å². The smallest absolute Gasteiger partial charge is 0.229 e. The topological polar surface area (TPSA) is 87.6 Å². The van der Waals surface area contributed by atoms with Crippen LogP contribution in [0.5, 0.6) is 0 Å². The van der Waals surface area contributed by atoms with Crippen LogP contribution in [0.1, 0.15) is 5.56 Å². The average Bonchev–Trinajstić information content (AvgIpc) is 2.53. The molecule has 1 aliphatic rings. The number of carbonyl (C=O) groups is 1. The third-order valence-corrected chi connectivity index (χ3v) is 3.81. The van der Waals surface area contributed by atoms with Gasteiger partial charge < -0.3 is 26.6 Å². The van der Waals surface area contributed by atoms with E-state index in [1.165, 1.54) is 6.20 Å². The van der Waals surface area contributed by atoms with Crippen LogP contribution >= 0.6 is 0 Å². The van der Waals surface area contributed by atoms with E-state index in [1.807, 2.05) is 12.1 Å². The predicted molar refractivity (Wildman–Crippen MR) is 93.6 cm³/mol. The molecule has 5 N–H and O–H groups in total. The molecule has 0 saturated carbocycles. The maximum absolute atomic E-state index is 12.0. The van der Waals surface area contributed by atoms with E-state index in [9.17, 15) is 4.79 Å². The number of hydrogen-bond acceptors (Lipinski definition) is 5. The predicted octanol–water partition coefficient (Wildman–Crippen LogP) is 0.370. The van der Waals surface area contributed by atoms with Gasteiger partial charge in [-0.3, -0.25) is 4.79 Å². The molecule has 0 bridgehead atoms. The van der Waals surface area contributed by atoms with Crippen molar-refractivity contribution < 1.29 is 4.79 Å². The number of benzene rings is 1. The van der Waals surface area contributed by atoms with Crippen LogP contribution < -0.4 is 21.7 Å². The van der Waals surface area contributed by atoms with E-state index in [-0.39, 0.29) is 11.7 Å². The van der Waals surface area contributed by atoms with Crippen molar-refractivity contribution in [3.63, 3.8) is 0 Å². The van der Waals surface area contributed by atoms with E-state index < -0.39 is 0 Å². The highest BCUT2D eigenvalue weighted by molar-refractivity contribution is 5.80. The van der Waals surface area contributed by atoms with Crippen LogP contribution in [-0.2, 0) is 11.2 Å². The normalized spacial score (nSPS) is 16.7. The summed E-state index contributed by atoms with van der Waals surface area (Å²) in [5, 5.41) is 2.64. The van der Waals surface area contributed by atoms with Crippen molar-refractivity contribution in [1.29, 1.82) is 0 Å².